The number of hydrogen-bond acceptors (Lipinski definition) is 7. The molecule has 8 nitrogen and oxygen atoms in total. The maximum Gasteiger partial charge on any atom is 0.341 e. The number of piperidine rings is 1. The highest BCUT2D eigenvalue weighted by atomic mass is 32.2. The van der Waals surface area contributed by atoms with Gasteiger partial charge in [0.15, 0.2) is 0 Å². The smallest absolute Gasteiger partial charge is 0.341 e. The SMILES string of the molecule is COC(=O)c1c(NC(=O)C2CCN(S(=O)(=O)c3cccnc3)CC2)sc2c1CCCC2. The van der Waals surface area contributed by atoms with Crippen molar-refractivity contribution in [1.29, 1.82) is 0 Å². The molecule has 2 aromatic heterocycles. The summed E-state index contributed by atoms with van der Waals surface area (Å²) >= 11 is 1.45. The summed E-state index contributed by atoms with van der Waals surface area (Å²) in [6.07, 6.45) is 7.52. The van der Waals surface area contributed by atoms with E-state index in [2.05, 4.69) is 10.3 Å². The van der Waals surface area contributed by atoms with Gasteiger partial charge < -0.3 is 10.1 Å². The number of rotatable bonds is 5. The summed E-state index contributed by atoms with van der Waals surface area (Å²) in [6, 6.07) is 3.11. The summed E-state index contributed by atoms with van der Waals surface area (Å²) < 4.78 is 31.9. The number of esters is 1. The number of pyridine rings is 1. The van der Waals surface area contributed by atoms with E-state index in [0.717, 1.165) is 36.1 Å². The third-order valence-electron chi connectivity index (χ3n) is 5.89. The minimum Gasteiger partial charge on any atom is -0.465 e. The molecule has 2 aromatic rings. The summed E-state index contributed by atoms with van der Waals surface area (Å²) in [4.78, 5) is 30.5. The van der Waals surface area contributed by atoms with Gasteiger partial charge in [-0.15, -0.1) is 11.3 Å². The van der Waals surface area contributed by atoms with Gasteiger partial charge in [-0.1, -0.05) is 0 Å². The molecule has 31 heavy (non-hydrogen) atoms. The Balaban J connectivity index is 1.44. The van der Waals surface area contributed by atoms with E-state index in [9.17, 15) is 18.0 Å². The summed E-state index contributed by atoms with van der Waals surface area (Å²) in [6.45, 7) is 0.528. The van der Waals surface area contributed by atoms with Gasteiger partial charge in [-0.05, 0) is 56.2 Å². The molecule has 0 bridgehead atoms. The number of methoxy groups -OCH3 is 1. The molecule has 1 amide bonds. The number of nitrogens with one attached hydrogen (secondary N) is 1. The van der Waals surface area contributed by atoms with Gasteiger partial charge in [0.05, 0.1) is 12.7 Å². The molecule has 1 aliphatic heterocycles. The van der Waals surface area contributed by atoms with E-state index in [-0.39, 0.29) is 29.8 Å². The molecule has 0 saturated carbocycles. The molecule has 166 valence electrons. The Morgan fingerprint density at radius 2 is 1.97 bits per heavy atom. The van der Waals surface area contributed by atoms with Crippen LogP contribution in [-0.4, -0.2) is 49.8 Å². The molecule has 1 N–H and O–H groups in total. The topological polar surface area (TPSA) is 106 Å². The predicted molar refractivity (Wildman–Crippen MR) is 117 cm³/mol. The van der Waals surface area contributed by atoms with Crippen LogP contribution in [0, 0.1) is 5.92 Å². The van der Waals surface area contributed by atoms with Crippen molar-refractivity contribution in [3.63, 3.8) is 0 Å². The molecule has 1 aliphatic carbocycles. The molecule has 0 unspecified atom stereocenters. The van der Waals surface area contributed by atoms with E-state index in [0.29, 0.717) is 23.4 Å². The molecular weight excluding hydrogens is 438 g/mol. The first-order chi connectivity index (χ1) is 14.9. The van der Waals surface area contributed by atoms with Gasteiger partial charge in [-0.2, -0.15) is 4.31 Å². The van der Waals surface area contributed by atoms with Crippen LogP contribution in [0.3, 0.4) is 0 Å². The Morgan fingerprint density at radius 3 is 2.65 bits per heavy atom. The fourth-order valence-corrected chi connectivity index (χ4v) is 6.91. The zero-order chi connectivity index (χ0) is 22.0. The first kappa shape index (κ1) is 21.9. The Bertz CT molecular complexity index is 1070. The molecule has 1 saturated heterocycles. The molecule has 0 spiro atoms. The van der Waals surface area contributed by atoms with Gasteiger partial charge in [0.25, 0.3) is 0 Å². The number of ether oxygens (including phenoxy) is 1. The normalized spacial score (nSPS) is 17.7. The standard InChI is InChI=1S/C21H25N3O5S2/c1-29-21(26)18-16-6-2-3-7-17(16)30-20(18)23-19(25)14-8-11-24(12-9-14)31(27,28)15-5-4-10-22-13-15/h4-5,10,13-14H,2-3,6-9,11-12H2,1H3,(H,23,25). The minimum atomic E-state index is -3.61. The van der Waals surface area contributed by atoms with Crippen molar-refractivity contribution < 1.29 is 22.7 Å². The van der Waals surface area contributed by atoms with Gasteiger partial charge in [-0.25, -0.2) is 13.2 Å². The van der Waals surface area contributed by atoms with Crippen LogP contribution in [0.4, 0.5) is 5.00 Å². The van der Waals surface area contributed by atoms with Crippen molar-refractivity contribution in [2.75, 3.05) is 25.5 Å². The number of hydrogen-bond donors (Lipinski definition) is 1. The number of amides is 1. The Labute approximate surface area is 185 Å². The van der Waals surface area contributed by atoms with Crippen LogP contribution >= 0.6 is 11.3 Å². The van der Waals surface area contributed by atoms with Crippen LogP contribution in [0.1, 0.15) is 46.5 Å². The van der Waals surface area contributed by atoms with Crippen molar-refractivity contribution in [3.05, 3.63) is 40.5 Å². The molecular formula is C21H25N3O5S2. The van der Waals surface area contributed by atoms with Crippen LogP contribution in [0.25, 0.3) is 0 Å². The lowest BCUT2D eigenvalue weighted by Gasteiger charge is -2.30. The maximum absolute atomic E-state index is 12.9. The number of anilines is 1. The Hall–Kier alpha value is -2.30. The van der Waals surface area contributed by atoms with Crippen LogP contribution in [0.5, 0.6) is 0 Å². The van der Waals surface area contributed by atoms with E-state index in [4.69, 9.17) is 4.74 Å². The van der Waals surface area contributed by atoms with Crippen molar-refractivity contribution in [1.82, 2.24) is 9.29 Å². The number of carbonyl (C=O) groups is 2. The second-order valence-corrected chi connectivity index (χ2v) is 10.8. The lowest BCUT2D eigenvalue weighted by atomic mass is 9.95. The number of thiophene rings is 1. The zero-order valence-electron chi connectivity index (χ0n) is 17.3. The van der Waals surface area contributed by atoms with Gasteiger partial charge in [-0.3, -0.25) is 9.78 Å². The largest absolute Gasteiger partial charge is 0.465 e. The highest BCUT2D eigenvalue weighted by Crippen LogP contribution is 2.39. The number of aryl methyl sites for hydroxylation is 1. The summed E-state index contributed by atoms with van der Waals surface area (Å²) in [5, 5.41) is 3.49. The Kier molecular flexibility index (Phi) is 6.40. The number of nitrogens with zero attached hydrogens (tertiary/aromatic N) is 2. The minimum absolute atomic E-state index is 0.157. The molecule has 4 rings (SSSR count). The molecule has 0 radical (unpaired) electrons. The van der Waals surface area contributed by atoms with Crippen molar-refractivity contribution in [2.45, 2.75) is 43.4 Å². The van der Waals surface area contributed by atoms with Crippen molar-refractivity contribution in [3.8, 4) is 0 Å². The summed E-state index contributed by atoms with van der Waals surface area (Å²) in [7, 11) is -2.27. The number of carbonyl (C=O) groups excluding carboxylic acids is 2. The van der Waals surface area contributed by atoms with Crippen LogP contribution < -0.4 is 5.32 Å². The highest BCUT2D eigenvalue weighted by Gasteiger charge is 2.33. The zero-order valence-corrected chi connectivity index (χ0v) is 18.9. The second kappa shape index (κ2) is 9.05. The van der Waals surface area contributed by atoms with Gasteiger partial charge >= 0.3 is 5.97 Å². The van der Waals surface area contributed by atoms with E-state index < -0.39 is 16.0 Å². The molecule has 3 heterocycles. The Morgan fingerprint density at radius 1 is 1.23 bits per heavy atom. The number of aromatic nitrogens is 1. The molecule has 1 fully saturated rings. The molecule has 0 aromatic carbocycles. The van der Waals surface area contributed by atoms with Crippen LogP contribution in [0.2, 0.25) is 0 Å². The number of fused-ring (bicyclic) bond motifs is 1. The fourth-order valence-electron chi connectivity index (χ4n) is 4.19. The van der Waals surface area contributed by atoms with E-state index in [1.165, 1.54) is 41.2 Å². The fraction of sp³-hybridized carbons (Fsp3) is 0.476. The highest BCUT2D eigenvalue weighted by molar-refractivity contribution is 7.89. The maximum atomic E-state index is 12.9. The second-order valence-electron chi connectivity index (χ2n) is 7.76. The van der Waals surface area contributed by atoms with Gasteiger partial charge in [0.2, 0.25) is 15.9 Å². The predicted octanol–water partition coefficient (Wildman–Crippen LogP) is 2.85. The van der Waals surface area contributed by atoms with E-state index >= 15 is 0 Å². The first-order valence-electron chi connectivity index (χ1n) is 10.4. The lowest BCUT2D eigenvalue weighted by Crippen LogP contribution is -2.41. The van der Waals surface area contributed by atoms with E-state index in [1.807, 2.05) is 0 Å². The first-order valence-corrected chi connectivity index (χ1v) is 12.6. The monoisotopic (exact) mass is 463 g/mol. The van der Waals surface area contributed by atoms with Crippen LogP contribution in [0.15, 0.2) is 29.4 Å². The van der Waals surface area contributed by atoms with Gasteiger partial charge in [0.1, 0.15) is 9.90 Å². The summed E-state index contributed by atoms with van der Waals surface area (Å²) in [5.74, 6) is -0.917. The van der Waals surface area contributed by atoms with Crippen molar-refractivity contribution >= 4 is 38.2 Å². The average Bonchev–Trinajstić information content (AvgIpc) is 3.17. The lowest BCUT2D eigenvalue weighted by molar-refractivity contribution is -0.120. The molecule has 0 atom stereocenters. The average molecular weight is 464 g/mol. The molecule has 2 aliphatic rings. The quantitative estimate of drug-likeness (QED) is 0.684. The van der Waals surface area contributed by atoms with Gasteiger partial charge in [0, 0.05) is 36.3 Å². The summed E-state index contributed by atoms with van der Waals surface area (Å²) in [5.41, 5.74) is 1.47. The third-order valence-corrected chi connectivity index (χ3v) is 8.98. The van der Waals surface area contributed by atoms with Crippen LogP contribution in [-0.2, 0) is 32.4 Å². The third kappa shape index (κ3) is 4.37. The molecule has 10 heteroatoms. The van der Waals surface area contributed by atoms with E-state index in [1.54, 1.807) is 6.07 Å². The van der Waals surface area contributed by atoms with Crippen molar-refractivity contribution in [2.24, 2.45) is 5.92 Å². The number of sulfonamides is 1.